The van der Waals surface area contributed by atoms with Gasteiger partial charge in [0.25, 0.3) is 0 Å². The summed E-state index contributed by atoms with van der Waals surface area (Å²) in [5, 5.41) is 6.49. The Morgan fingerprint density at radius 3 is 2.10 bits per heavy atom. The number of rotatable bonds is 6. The standard InChI is InChI=1S/C16H27N3O/c1-6-17-15(18-7-2)19-12-16(3,4)13-8-10-14(20-5)11-9-13/h8-11H,6-7,12H2,1-5H3,(H2,17,18,19). The molecule has 4 heteroatoms. The third-order valence-corrected chi connectivity index (χ3v) is 3.19. The van der Waals surface area contributed by atoms with E-state index in [0.717, 1.165) is 31.3 Å². The maximum absolute atomic E-state index is 5.20. The average Bonchev–Trinajstić information content (AvgIpc) is 2.45. The SMILES string of the molecule is CCNC(=NCC(C)(C)c1ccc(OC)cc1)NCC. The lowest BCUT2D eigenvalue weighted by Gasteiger charge is -2.24. The maximum Gasteiger partial charge on any atom is 0.191 e. The fourth-order valence-corrected chi connectivity index (χ4v) is 1.92. The molecule has 0 heterocycles. The van der Waals surface area contributed by atoms with Gasteiger partial charge in [0.1, 0.15) is 5.75 Å². The Bertz CT molecular complexity index is 416. The second-order valence-corrected chi connectivity index (χ2v) is 5.34. The van der Waals surface area contributed by atoms with Crippen molar-refractivity contribution >= 4 is 5.96 Å². The second kappa shape index (κ2) is 7.78. The Kier molecular flexibility index (Phi) is 6.36. The number of nitrogens with one attached hydrogen (secondary N) is 2. The van der Waals surface area contributed by atoms with Gasteiger partial charge in [-0.3, -0.25) is 4.99 Å². The molecule has 0 radical (unpaired) electrons. The zero-order valence-corrected chi connectivity index (χ0v) is 13.3. The summed E-state index contributed by atoms with van der Waals surface area (Å²) in [4.78, 5) is 4.66. The van der Waals surface area contributed by atoms with Crippen LogP contribution in [0.1, 0.15) is 33.3 Å². The minimum Gasteiger partial charge on any atom is -0.497 e. The van der Waals surface area contributed by atoms with Crippen LogP contribution in [0.15, 0.2) is 29.3 Å². The van der Waals surface area contributed by atoms with Gasteiger partial charge >= 0.3 is 0 Å². The summed E-state index contributed by atoms with van der Waals surface area (Å²) < 4.78 is 5.20. The van der Waals surface area contributed by atoms with Crippen molar-refractivity contribution in [1.29, 1.82) is 0 Å². The van der Waals surface area contributed by atoms with Crippen molar-refractivity contribution < 1.29 is 4.74 Å². The molecule has 1 aromatic carbocycles. The van der Waals surface area contributed by atoms with Gasteiger partial charge in [0, 0.05) is 18.5 Å². The summed E-state index contributed by atoms with van der Waals surface area (Å²) in [5.74, 6) is 1.76. The van der Waals surface area contributed by atoms with Crippen LogP contribution >= 0.6 is 0 Å². The van der Waals surface area contributed by atoms with Crippen LogP contribution in [0, 0.1) is 0 Å². The molecule has 0 aliphatic carbocycles. The molecule has 1 rings (SSSR count). The van der Waals surface area contributed by atoms with Crippen LogP contribution < -0.4 is 15.4 Å². The summed E-state index contributed by atoms with van der Waals surface area (Å²) in [6.07, 6.45) is 0. The molecule has 0 bridgehead atoms. The van der Waals surface area contributed by atoms with Gasteiger partial charge in [-0.25, -0.2) is 0 Å². The van der Waals surface area contributed by atoms with Gasteiger partial charge in [0.2, 0.25) is 0 Å². The minimum absolute atomic E-state index is 0.0115. The third kappa shape index (κ3) is 4.76. The van der Waals surface area contributed by atoms with Gasteiger partial charge < -0.3 is 15.4 Å². The lowest BCUT2D eigenvalue weighted by molar-refractivity contribution is 0.414. The molecule has 0 amide bonds. The van der Waals surface area contributed by atoms with E-state index in [-0.39, 0.29) is 5.41 Å². The summed E-state index contributed by atoms with van der Waals surface area (Å²) in [7, 11) is 1.68. The molecule has 0 saturated heterocycles. The smallest absolute Gasteiger partial charge is 0.191 e. The highest BCUT2D eigenvalue weighted by Crippen LogP contribution is 2.25. The van der Waals surface area contributed by atoms with Gasteiger partial charge in [0.15, 0.2) is 5.96 Å². The number of guanidine groups is 1. The van der Waals surface area contributed by atoms with Gasteiger partial charge in [-0.1, -0.05) is 26.0 Å². The summed E-state index contributed by atoms with van der Waals surface area (Å²) in [6.45, 7) is 11.0. The first-order chi connectivity index (χ1) is 9.53. The molecule has 0 saturated carbocycles. The van der Waals surface area contributed by atoms with Crippen molar-refractivity contribution in [2.24, 2.45) is 4.99 Å². The number of ether oxygens (including phenoxy) is 1. The summed E-state index contributed by atoms with van der Waals surface area (Å²) >= 11 is 0. The average molecular weight is 277 g/mol. The Morgan fingerprint density at radius 1 is 1.10 bits per heavy atom. The first kappa shape index (κ1) is 16.3. The molecule has 0 fully saturated rings. The largest absolute Gasteiger partial charge is 0.497 e. The topological polar surface area (TPSA) is 45.7 Å². The van der Waals surface area contributed by atoms with Crippen molar-refractivity contribution in [3.05, 3.63) is 29.8 Å². The third-order valence-electron chi connectivity index (χ3n) is 3.19. The van der Waals surface area contributed by atoms with Gasteiger partial charge in [-0.2, -0.15) is 0 Å². The summed E-state index contributed by atoms with van der Waals surface area (Å²) in [6, 6.07) is 8.20. The van der Waals surface area contributed by atoms with E-state index >= 15 is 0 Å². The molecule has 0 spiro atoms. The molecule has 0 unspecified atom stereocenters. The van der Waals surface area contributed by atoms with E-state index in [2.05, 4.69) is 55.5 Å². The number of hydrogen-bond donors (Lipinski definition) is 2. The van der Waals surface area contributed by atoms with Crippen LogP contribution in [0.3, 0.4) is 0 Å². The Balaban J connectivity index is 2.78. The first-order valence-corrected chi connectivity index (χ1v) is 7.20. The van der Waals surface area contributed by atoms with Gasteiger partial charge in [0.05, 0.1) is 13.7 Å². The van der Waals surface area contributed by atoms with E-state index in [4.69, 9.17) is 4.74 Å². The maximum atomic E-state index is 5.20. The van der Waals surface area contributed by atoms with E-state index < -0.39 is 0 Å². The fraction of sp³-hybridized carbons (Fsp3) is 0.562. The van der Waals surface area contributed by atoms with Crippen molar-refractivity contribution in [3.8, 4) is 5.75 Å². The van der Waals surface area contributed by atoms with Gasteiger partial charge in [-0.05, 0) is 31.5 Å². The van der Waals surface area contributed by atoms with Crippen molar-refractivity contribution in [2.75, 3.05) is 26.7 Å². The molecule has 2 N–H and O–H groups in total. The monoisotopic (exact) mass is 277 g/mol. The van der Waals surface area contributed by atoms with E-state index in [9.17, 15) is 0 Å². The quantitative estimate of drug-likeness (QED) is 0.620. The van der Waals surface area contributed by atoms with Crippen LogP contribution in [0.2, 0.25) is 0 Å². The minimum atomic E-state index is -0.0115. The highest BCUT2D eigenvalue weighted by Gasteiger charge is 2.20. The van der Waals surface area contributed by atoms with E-state index in [0.29, 0.717) is 0 Å². The highest BCUT2D eigenvalue weighted by atomic mass is 16.5. The molecule has 4 nitrogen and oxygen atoms in total. The number of benzene rings is 1. The Hall–Kier alpha value is -1.71. The van der Waals surface area contributed by atoms with Crippen LogP contribution in [-0.2, 0) is 5.41 Å². The van der Waals surface area contributed by atoms with E-state index in [1.807, 2.05) is 12.1 Å². The van der Waals surface area contributed by atoms with Crippen molar-refractivity contribution in [1.82, 2.24) is 10.6 Å². The molecule has 0 aliphatic heterocycles. The molecule has 0 atom stereocenters. The van der Waals surface area contributed by atoms with E-state index in [1.165, 1.54) is 5.56 Å². The van der Waals surface area contributed by atoms with Crippen LogP contribution in [0.4, 0.5) is 0 Å². The molecule has 0 aromatic heterocycles. The number of nitrogens with zero attached hydrogens (tertiary/aromatic N) is 1. The van der Waals surface area contributed by atoms with Crippen LogP contribution in [-0.4, -0.2) is 32.7 Å². The molecule has 0 aliphatic rings. The molecule has 112 valence electrons. The number of aliphatic imine (C=N–C) groups is 1. The fourth-order valence-electron chi connectivity index (χ4n) is 1.92. The zero-order chi connectivity index (χ0) is 15.0. The number of hydrogen-bond acceptors (Lipinski definition) is 2. The number of methoxy groups -OCH3 is 1. The van der Waals surface area contributed by atoms with E-state index in [1.54, 1.807) is 7.11 Å². The molecule has 20 heavy (non-hydrogen) atoms. The van der Waals surface area contributed by atoms with Crippen LogP contribution in [0.25, 0.3) is 0 Å². The Labute approximate surface area is 122 Å². The molecule has 1 aromatic rings. The predicted octanol–water partition coefficient (Wildman–Crippen LogP) is 2.55. The lowest BCUT2D eigenvalue weighted by atomic mass is 9.85. The summed E-state index contributed by atoms with van der Waals surface area (Å²) in [5.41, 5.74) is 1.25. The molecular formula is C16H27N3O. The second-order valence-electron chi connectivity index (χ2n) is 5.34. The lowest BCUT2D eigenvalue weighted by Crippen LogP contribution is -2.38. The first-order valence-electron chi connectivity index (χ1n) is 7.20. The van der Waals surface area contributed by atoms with Crippen molar-refractivity contribution in [3.63, 3.8) is 0 Å². The van der Waals surface area contributed by atoms with Crippen molar-refractivity contribution in [2.45, 2.75) is 33.1 Å². The van der Waals surface area contributed by atoms with Gasteiger partial charge in [-0.15, -0.1) is 0 Å². The zero-order valence-electron chi connectivity index (χ0n) is 13.3. The highest BCUT2D eigenvalue weighted by molar-refractivity contribution is 5.79. The normalized spacial score (nSPS) is 10.8. The van der Waals surface area contributed by atoms with Crippen LogP contribution in [0.5, 0.6) is 5.75 Å². The molecular weight excluding hydrogens is 250 g/mol. The Morgan fingerprint density at radius 2 is 1.65 bits per heavy atom. The predicted molar refractivity (Wildman–Crippen MR) is 85.7 cm³/mol.